The minimum absolute atomic E-state index is 0.204. The Morgan fingerprint density at radius 2 is 2.00 bits per heavy atom. The van der Waals surface area contributed by atoms with Gasteiger partial charge in [-0.05, 0) is 30.3 Å². The molecule has 1 aromatic carbocycles. The Kier molecular flexibility index (Phi) is 5.56. The van der Waals surface area contributed by atoms with Crippen LogP contribution in [0.5, 0.6) is 0 Å². The lowest BCUT2D eigenvalue weighted by molar-refractivity contribution is -0.109. The molecule has 1 aliphatic heterocycles. The maximum absolute atomic E-state index is 11.0. The number of benzene rings is 1. The maximum atomic E-state index is 11.0. The van der Waals surface area contributed by atoms with Crippen LogP contribution < -0.4 is 4.90 Å². The third-order valence-corrected chi connectivity index (χ3v) is 5.33. The Morgan fingerprint density at radius 3 is 2.74 bits per heavy atom. The number of halogens is 1. The number of carbonyl (C=O) groups excluding carboxylic acids is 1. The van der Waals surface area contributed by atoms with Gasteiger partial charge >= 0.3 is 0 Å². The lowest BCUT2D eigenvalue weighted by Gasteiger charge is -2.35. The van der Waals surface area contributed by atoms with Crippen LogP contribution in [0.4, 0.5) is 5.82 Å². The first-order valence-electron chi connectivity index (χ1n) is 7.79. The summed E-state index contributed by atoms with van der Waals surface area (Å²) in [5, 5.41) is 1.36. The molecule has 2 heterocycles. The van der Waals surface area contributed by atoms with E-state index in [9.17, 15) is 4.79 Å². The molecule has 0 radical (unpaired) electrons. The highest BCUT2D eigenvalue weighted by Gasteiger charge is 2.18. The number of anilines is 1. The van der Waals surface area contributed by atoms with Crippen molar-refractivity contribution in [3.8, 4) is 0 Å². The van der Waals surface area contributed by atoms with Gasteiger partial charge < -0.3 is 4.90 Å². The molecule has 0 bridgehead atoms. The van der Waals surface area contributed by atoms with Gasteiger partial charge in [0.2, 0.25) is 0 Å². The molecule has 122 valence electrons. The maximum Gasteiger partial charge on any atom is 0.185 e. The van der Waals surface area contributed by atoms with Gasteiger partial charge in [0.15, 0.2) is 5.12 Å². The second-order valence-electron chi connectivity index (χ2n) is 5.68. The fourth-order valence-corrected chi connectivity index (χ4v) is 3.80. The normalized spacial score (nSPS) is 16.0. The number of aromatic nitrogens is 1. The molecular formula is C17H20BrN3OS. The Morgan fingerprint density at radius 1 is 1.22 bits per heavy atom. The van der Waals surface area contributed by atoms with Crippen LogP contribution in [0.25, 0.3) is 10.9 Å². The van der Waals surface area contributed by atoms with Crippen molar-refractivity contribution in [1.82, 2.24) is 9.88 Å². The number of piperazine rings is 1. The van der Waals surface area contributed by atoms with E-state index < -0.39 is 0 Å². The highest BCUT2D eigenvalue weighted by Crippen LogP contribution is 2.22. The summed E-state index contributed by atoms with van der Waals surface area (Å²) in [5.41, 5.74) is 1.03. The molecule has 2 aromatic rings. The third kappa shape index (κ3) is 4.46. The van der Waals surface area contributed by atoms with E-state index in [4.69, 9.17) is 4.98 Å². The summed E-state index contributed by atoms with van der Waals surface area (Å²) in [4.78, 5) is 20.5. The van der Waals surface area contributed by atoms with Crippen LogP contribution in [-0.4, -0.2) is 53.5 Å². The molecule has 1 fully saturated rings. The van der Waals surface area contributed by atoms with Crippen molar-refractivity contribution in [3.05, 3.63) is 34.8 Å². The van der Waals surface area contributed by atoms with Crippen LogP contribution in [0.2, 0.25) is 0 Å². The Balaban J connectivity index is 1.59. The van der Waals surface area contributed by atoms with Crippen LogP contribution >= 0.6 is 27.7 Å². The second-order valence-corrected chi connectivity index (χ2v) is 7.86. The highest BCUT2D eigenvalue weighted by atomic mass is 79.9. The molecule has 23 heavy (non-hydrogen) atoms. The number of fused-ring (bicyclic) bond motifs is 1. The molecule has 0 amide bonds. The van der Waals surface area contributed by atoms with Crippen molar-refractivity contribution in [1.29, 1.82) is 0 Å². The zero-order valence-electron chi connectivity index (χ0n) is 13.2. The average Bonchev–Trinajstić information content (AvgIpc) is 2.55. The van der Waals surface area contributed by atoms with Crippen LogP contribution in [0.15, 0.2) is 34.8 Å². The SMILES string of the molecule is CC(=O)SCCN1CCN(c2ccc3cc(Br)ccc3n2)CC1. The number of hydrogen-bond acceptors (Lipinski definition) is 5. The van der Waals surface area contributed by atoms with Crippen molar-refractivity contribution in [2.75, 3.05) is 43.4 Å². The molecule has 0 spiro atoms. The first-order valence-corrected chi connectivity index (χ1v) is 9.57. The predicted octanol–water partition coefficient (Wildman–Crippen LogP) is 3.40. The van der Waals surface area contributed by atoms with Crippen molar-refractivity contribution in [2.45, 2.75) is 6.92 Å². The van der Waals surface area contributed by atoms with E-state index >= 15 is 0 Å². The molecule has 0 unspecified atom stereocenters. The average molecular weight is 394 g/mol. The summed E-state index contributed by atoms with van der Waals surface area (Å²) < 4.78 is 1.08. The summed E-state index contributed by atoms with van der Waals surface area (Å²) in [7, 11) is 0. The van der Waals surface area contributed by atoms with Gasteiger partial charge in [-0.1, -0.05) is 27.7 Å². The van der Waals surface area contributed by atoms with E-state index in [0.717, 1.165) is 59.7 Å². The summed E-state index contributed by atoms with van der Waals surface area (Å²) in [6.07, 6.45) is 0. The van der Waals surface area contributed by atoms with Crippen LogP contribution in [0.3, 0.4) is 0 Å². The summed E-state index contributed by atoms with van der Waals surface area (Å²) >= 11 is 4.91. The molecule has 3 rings (SSSR count). The van der Waals surface area contributed by atoms with Crippen LogP contribution in [0.1, 0.15) is 6.92 Å². The first kappa shape index (κ1) is 16.7. The van der Waals surface area contributed by atoms with Gasteiger partial charge in [-0.2, -0.15) is 0 Å². The summed E-state index contributed by atoms with van der Waals surface area (Å²) in [6.45, 7) is 6.64. The molecule has 1 saturated heterocycles. The standard InChI is InChI=1S/C17H20BrN3OS/c1-13(22)23-11-10-20-6-8-21(9-7-20)17-5-2-14-12-15(18)3-4-16(14)19-17/h2-5,12H,6-11H2,1H3. The van der Waals surface area contributed by atoms with E-state index in [1.54, 1.807) is 6.92 Å². The molecule has 0 atom stereocenters. The fourth-order valence-electron chi connectivity index (χ4n) is 2.78. The van der Waals surface area contributed by atoms with Gasteiger partial charge in [-0.3, -0.25) is 9.69 Å². The van der Waals surface area contributed by atoms with E-state index in [-0.39, 0.29) is 5.12 Å². The molecule has 4 nitrogen and oxygen atoms in total. The largest absolute Gasteiger partial charge is 0.354 e. The summed E-state index contributed by atoms with van der Waals surface area (Å²) in [5.74, 6) is 1.94. The lowest BCUT2D eigenvalue weighted by Crippen LogP contribution is -2.47. The van der Waals surface area contributed by atoms with Gasteiger partial charge in [0.1, 0.15) is 5.82 Å². The molecule has 0 N–H and O–H groups in total. The van der Waals surface area contributed by atoms with E-state index in [0.29, 0.717) is 0 Å². The van der Waals surface area contributed by atoms with Gasteiger partial charge in [0.05, 0.1) is 5.52 Å². The quantitative estimate of drug-likeness (QED) is 0.795. The van der Waals surface area contributed by atoms with Gasteiger partial charge in [-0.25, -0.2) is 4.98 Å². The minimum atomic E-state index is 0.204. The Bertz CT molecular complexity index is 701. The second kappa shape index (κ2) is 7.64. The zero-order chi connectivity index (χ0) is 16.2. The first-order chi connectivity index (χ1) is 11.1. The van der Waals surface area contributed by atoms with Gasteiger partial charge in [-0.15, -0.1) is 0 Å². The predicted molar refractivity (Wildman–Crippen MR) is 101 cm³/mol. The molecule has 1 aromatic heterocycles. The zero-order valence-corrected chi connectivity index (χ0v) is 15.6. The Hall–Kier alpha value is -1.11. The monoisotopic (exact) mass is 393 g/mol. The van der Waals surface area contributed by atoms with E-state index in [2.05, 4.69) is 50.0 Å². The van der Waals surface area contributed by atoms with Crippen LogP contribution in [0, 0.1) is 0 Å². The highest BCUT2D eigenvalue weighted by molar-refractivity contribution is 9.10. The number of pyridine rings is 1. The number of carbonyl (C=O) groups is 1. The van der Waals surface area contributed by atoms with Crippen molar-refractivity contribution >= 4 is 49.5 Å². The number of hydrogen-bond donors (Lipinski definition) is 0. The smallest absolute Gasteiger partial charge is 0.185 e. The van der Waals surface area contributed by atoms with Crippen molar-refractivity contribution in [3.63, 3.8) is 0 Å². The minimum Gasteiger partial charge on any atom is -0.354 e. The van der Waals surface area contributed by atoms with Crippen molar-refractivity contribution < 1.29 is 4.79 Å². The molecule has 0 aliphatic carbocycles. The molecule has 0 saturated carbocycles. The van der Waals surface area contributed by atoms with Gasteiger partial charge in [0.25, 0.3) is 0 Å². The molecule has 6 heteroatoms. The van der Waals surface area contributed by atoms with Crippen LogP contribution in [-0.2, 0) is 4.79 Å². The van der Waals surface area contributed by atoms with Gasteiger partial charge in [0, 0.05) is 55.3 Å². The van der Waals surface area contributed by atoms with E-state index in [1.807, 2.05) is 6.07 Å². The fraction of sp³-hybridized carbons (Fsp3) is 0.412. The summed E-state index contributed by atoms with van der Waals surface area (Å²) in [6, 6.07) is 10.4. The number of rotatable bonds is 4. The molecular weight excluding hydrogens is 374 g/mol. The Labute approximate surface area is 149 Å². The molecule has 1 aliphatic rings. The number of thioether (sulfide) groups is 1. The van der Waals surface area contributed by atoms with E-state index in [1.165, 1.54) is 11.8 Å². The third-order valence-electron chi connectivity index (χ3n) is 4.05. The topological polar surface area (TPSA) is 36.4 Å². The number of nitrogens with zero attached hydrogens (tertiary/aromatic N) is 3. The lowest BCUT2D eigenvalue weighted by atomic mass is 10.2. The van der Waals surface area contributed by atoms with Crippen molar-refractivity contribution in [2.24, 2.45) is 0 Å².